The number of halogens is 1. The SMILES string of the molecule is CCOC(=O)C(C(=O)C=C(Cl)c1ccccc1)=C(C)CN. The molecular formula is C16H18ClNO3. The second-order valence-corrected chi connectivity index (χ2v) is 4.71. The van der Waals surface area contributed by atoms with Crippen LogP contribution >= 0.6 is 11.6 Å². The molecule has 1 aromatic rings. The van der Waals surface area contributed by atoms with E-state index in [-0.39, 0.29) is 23.8 Å². The van der Waals surface area contributed by atoms with Gasteiger partial charge in [-0.05, 0) is 25.0 Å². The number of hydrogen-bond donors (Lipinski definition) is 1. The van der Waals surface area contributed by atoms with Crippen LogP contribution in [0.3, 0.4) is 0 Å². The van der Waals surface area contributed by atoms with Gasteiger partial charge in [-0.2, -0.15) is 0 Å². The van der Waals surface area contributed by atoms with E-state index in [4.69, 9.17) is 22.1 Å². The van der Waals surface area contributed by atoms with Crippen LogP contribution in [0.1, 0.15) is 19.4 Å². The summed E-state index contributed by atoms with van der Waals surface area (Å²) in [7, 11) is 0. The number of carbonyl (C=O) groups excluding carboxylic acids is 2. The van der Waals surface area contributed by atoms with Gasteiger partial charge in [0.05, 0.1) is 11.6 Å². The zero-order valence-corrected chi connectivity index (χ0v) is 12.8. The summed E-state index contributed by atoms with van der Waals surface area (Å²) in [5, 5.41) is 0.257. The monoisotopic (exact) mass is 307 g/mol. The smallest absolute Gasteiger partial charge is 0.342 e. The van der Waals surface area contributed by atoms with Gasteiger partial charge in [0.1, 0.15) is 5.57 Å². The summed E-state index contributed by atoms with van der Waals surface area (Å²) in [6, 6.07) is 9.01. The van der Waals surface area contributed by atoms with Gasteiger partial charge in [0.15, 0.2) is 5.78 Å². The molecule has 1 rings (SSSR count). The van der Waals surface area contributed by atoms with Crippen molar-refractivity contribution in [1.29, 1.82) is 0 Å². The van der Waals surface area contributed by atoms with Crippen molar-refractivity contribution < 1.29 is 14.3 Å². The largest absolute Gasteiger partial charge is 0.462 e. The Labute approximate surface area is 129 Å². The predicted molar refractivity (Wildman–Crippen MR) is 83.7 cm³/mol. The molecule has 21 heavy (non-hydrogen) atoms. The molecule has 0 bridgehead atoms. The van der Waals surface area contributed by atoms with E-state index in [9.17, 15) is 9.59 Å². The van der Waals surface area contributed by atoms with Crippen LogP contribution in [0.4, 0.5) is 0 Å². The topological polar surface area (TPSA) is 69.4 Å². The van der Waals surface area contributed by atoms with Gasteiger partial charge in [-0.25, -0.2) is 4.79 Å². The number of esters is 1. The van der Waals surface area contributed by atoms with Gasteiger partial charge in [-0.1, -0.05) is 41.9 Å². The molecule has 0 aliphatic heterocycles. The third kappa shape index (κ3) is 4.85. The molecule has 1 aromatic carbocycles. The lowest BCUT2D eigenvalue weighted by Crippen LogP contribution is -2.19. The van der Waals surface area contributed by atoms with Crippen LogP contribution in [0.25, 0.3) is 5.03 Å². The molecule has 0 unspecified atom stereocenters. The lowest BCUT2D eigenvalue weighted by molar-refractivity contribution is -0.139. The van der Waals surface area contributed by atoms with E-state index in [2.05, 4.69) is 0 Å². The van der Waals surface area contributed by atoms with E-state index in [1.807, 2.05) is 18.2 Å². The lowest BCUT2D eigenvalue weighted by atomic mass is 10.0. The molecule has 5 heteroatoms. The van der Waals surface area contributed by atoms with Crippen molar-refractivity contribution in [3.8, 4) is 0 Å². The Kier molecular flexibility index (Phi) is 6.85. The highest BCUT2D eigenvalue weighted by Gasteiger charge is 2.21. The molecule has 0 fully saturated rings. The van der Waals surface area contributed by atoms with E-state index < -0.39 is 11.8 Å². The fourth-order valence-electron chi connectivity index (χ4n) is 1.66. The molecule has 0 spiro atoms. The molecule has 2 N–H and O–H groups in total. The minimum Gasteiger partial charge on any atom is -0.462 e. The quantitative estimate of drug-likeness (QED) is 0.380. The molecule has 0 saturated heterocycles. The fourth-order valence-corrected chi connectivity index (χ4v) is 1.88. The Hall–Kier alpha value is -1.91. The summed E-state index contributed by atoms with van der Waals surface area (Å²) in [6.07, 6.45) is 1.21. The van der Waals surface area contributed by atoms with E-state index in [0.717, 1.165) is 0 Å². The number of nitrogens with two attached hydrogens (primary N) is 1. The third-order valence-electron chi connectivity index (χ3n) is 2.77. The molecule has 0 aliphatic rings. The zero-order valence-electron chi connectivity index (χ0n) is 12.1. The van der Waals surface area contributed by atoms with Crippen molar-refractivity contribution in [3.05, 3.63) is 53.1 Å². The molecular weight excluding hydrogens is 290 g/mol. The molecule has 0 atom stereocenters. The third-order valence-corrected chi connectivity index (χ3v) is 3.09. The van der Waals surface area contributed by atoms with Crippen molar-refractivity contribution in [3.63, 3.8) is 0 Å². The maximum absolute atomic E-state index is 12.3. The maximum atomic E-state index is 12.3. The molecule has 0 heterocycles. The van der Waals surface area contributed by atoms with Crippen LogP contribution in [0.15, 0.2) is 47.6 Å². The van der Waals surface area contributed by atoms with Crippen molar-refractivity contribution in [2.45, 2.75) is 13.8 Å². The van der Waals surface area contributed by atoms with Gasteiger partial charge < -0.3 is 10.5 Å². The molecule has 0 radical (unpaired) electrons. The van der Waals surface area contributed by atoms with Crippen LogP contribution in [-0.2, 0) is 14.3 Å². The van der Waals surface area contributed by atoms with Gasteiger partial charge in [0.2, 0.25) is 0 Å². The van der Waals surface area contributed by atoms with Crippen LogP contribution in [0, 0.1) is 0 Å². The number of ketones is 1. The predicted octanol–water partition coefficient (Wildman–Crippen LogP) is 2.67. The molecule has 0 saturated carbocycles. The summed E-state index contributed by atoms with van der Waals surface area (Å²) in [4.78, 5) is 24.1. The average Bonchev–Trinajstić information content (AvgIpc) is 2.48. The van der Waals surface area contributed by atoms with Crippen molar-refractivity contribution in [2.75, 3.05) is 13.2 Å². The first kappa shape index (κ1) is 17.1. The molecule has 112 valence electrons. The summed E-state index contributed by atoms with van der Waals surface area (Å²) in [6.45, 7) is 3.57. The van der Waals surface area contributed by atoms with Crippen LogP contribution in [0.5, 0.6) is 0 Å². The number of allylic oxidation sites excluding steroid dienone is 1. The second-order valence-electron chi connectivity index (χ2n) is 4.30. The normalized spacial score (nSPS) is 12.7. The minimum absolute atomic E-state index is 0.0616. The second kappa shape index (κ2) is 8.39. The number of ether oxygens (including phenoxy) is 1. The van der Waals surface area contributed by atoms with E-state index in [0.29, 0.717) is 11.1 Å². The summed E-state index contributed by atoms with van der Waals surface area (Å²) in [5.74, 6) is -1.19. The highest BCUT2D eigenvalue weighted by Crippen LogP contribution is 2.20. The lowest BCUT2D eigenvalue weighted by Gasteiger charge is -2.08. The van der Waals surface area contributed by atoms with Gasteiger partial charge in [0, 0.05) is 12.6 Å². The Bertz CT molecular complexity index is 576. The first-order valence-electron chi connectivity index (χ1n) is 6.55. The highest BCUT2D eigenvalue weighted by molar-refractivity contribution is 6.51. The van der Waals surface area contributed by atoms with Gasteiger partial charge in [-0.3, -0.25) is 4.79 Å². The van der Waals surface area contributed by atoms with Crippen molar-refractivity contribution in [1.82, 2.24) is 0 Å². The van der Waals surface area contributed by atoms with E-state index >= 15 is 0 Å². The Balaban J connectivity index is 3.11. The van der Waals surface area contributed by atoms with Gasteiger partial charge >= 0.3 is 5.97 Å². The molecule has 0 aromatic heterocycles. The van der Waals surface area contributed by atoms with Gasteiger partial charge in [0.25, 0.3) is 0 Å². The van der Waals surface area contributed by atoms with Crippen LogP contribution < -0.4 is 5.73 Å². The average molecular weight is 308 g/mol. The number of hydrogen-bond acceptors (Lipinski definition) is 4. The van der Waals surface area contributed by atoms with E-state index in [1.54, 1.807) is 26.0 Å². The zero-order chi connectivity index (χ0) is 15.8. The Morgan fingerprint density at radius 3 is 2.43 bits per heavy atom. The highest BCUT2D eigenvalue weighted by atomic mass is 35.5. The Morgan fingerprint density at radius 2 is 1.90 bits per heavy atom. The molecule has 4 nitrogen and oxygen atoms in total. The first-order chi connectivity index (χ1) is 10.0. The first-order valence-corrected chi connectivity index (χ1v) is 6.92. The summed E-state index contributed by atoms with van der Waals surface area (Å²) < 4.78 is 4.89. The molecule has 0 amide bonds. The molecule has 0 aliphatic carbocycles. The Morgan fingerprint density at radius 1 is 1.29 bits per heavy atom. The van der Waals surface area contributed by atoms with E-state index in [1.165, 1.54) is 6.08 Å². The number of benzene rings is 1. The summed E-state index contributed by atoms with van der Waals surface area (Å²) in [5.41, 5.74) is 6.61. The van der Waals surface area contributed by atoms with Crippen molar-refractivity contribution in [2.24, 2.45) is 5.73 Å². The minimum atomic E-state index is -0.681. The fraction of sp³-hybridized carbons (Fsp3) is 0.250. The standard InChI is InChI=1S/C16H18ClNO3/c1-3-21-16(20)15(11(2)10-18)14(19)9-13(17)12-7-5-4-6-8-12/h4-9H,3,10,18H2,1-2H3. The van der Waals surface area contributed by atoms with Crippen molar-refractivity contribution >= 4 is 28.4 Å². The number of rotatable bonds is 6. The summed E-state index contributed by atoms with van der Waals surface area (Å²) >= 11 is 6.11. The van der Waals surface area contributed by atoms with Gasteiger partial charge in [-0.15, -0.1) is 0 Å². The number of carbonyl (C=O) groups is 2. The maximum Gasteiger partial charge on any atom is 0.342 e. The van der Waals surface area contributed by atoms with Crippen LogP contribution in [-0.4, -0.2) is 24.9 Å². The van der Waals surface area contributed by atoms with Crippen LogP contribution in [0.2, 0.25) is 0 Å².